The zero-order valence-electron chi connectivity index (χ0n) is 18.3. The second-order valence-corrected chi connectivity index (χ2v) is 7.49. The molecule has 0 aliphatic rings. The molecule has 0 saturated heterocycles. The molecule has 1 unspecified atom stereocenters. The van der Waals surface area contributed by atoms with E-state index in [9.17, 15) is 9.59 Å². The second-order valence-electron chi connectivity index (χ2n) is 7.49. The molecule has 1 aromatic carbocycles. The minimum Gasteiger partial charge on any atom is -0.469 e. The molecule has 0 aliphatic carbocycles. The Morgan fingerprint density at radius 1 is 1.11 bits per heavy atom. The third-order valence-electron chi connectivity index (χ3n) is 5.54. The van der Waals surface area contributed by atoms with E-state index in [0.717, 1.165) is 5.56 Å². The van der Waals surface area contributed by atoms with Crippen LogP contribution >= 0.6 is 0 Å². The highest BCUT2D eigenvalue weighted by molar-refractivity contribution is 5.90. The molecule has 152 valence electrons. The van der Waals surface area contributed by atoms with Gasteiger partial charge in [-0.05, 0) is 46.1 Å². The Bertz CT molecular complexity index is 620. The van der Waals surface area contributed by atoms with Gasteiger partial charge >= 0.3 is 5.97 Å². The Morgan fingerprint density at radius 3 is 2.04 bits per heavy atom. The summed E-state index contributed by atoms with van der Waals surface area (Å²) in [4.78, 5) is 25.5. The summed E-state index contributed by atoms with van der Waals surface area (Å²) in [5, 5.41) is 3.10. The lowest BCUT2D eigenvalue weighted by molar-refractivity contribution is -0.156. The zero-order valence-corrected chi connectivity index (χ0v) is 18.3. The number of benzene rings is 1. The average molecular weight is 376 g/mol. The maximum absolute atomic E-state index is 13.3. The summed E-state index contributed by atoms with van der Waals surface area (Å²) < 4.78 is 4.92. The number of nitrogens with one attached hydrogen (secondary N) is 1. The molecule has 0 spiro atoms. The third kappa shape index (κ3) is 5.21. The summed E-state index contributed by atoms with van der Waals surface area (Å²) in [7, 11) is 1.36. The van der Waals surface area contributed by atoms with Crippen LogP contribution in [-0.4, -0.2) is 24.5 Å². The molecule has 4 heteroatoms. The molecule has 0 heterocycles. The Hall–Kier alpha value is -2.10. The lowest BCUT2D eigenvalue weighted by Crippen LogP contribution is -2.60. The van der Waals surface area contributed by atoms with Gasteiger partial charge in [0, 0.05) is 5.54 Å². The molecule has 0 bridgehead atoms. The Labute approximate surface area is 165 Å². The fourth-order valence-corrected chi connectivity index (χ4v) is 2.92. The van der Waals surface area contributed by atoms with Gasteiger partial charge in [-0.1, -0.05) is 57.2 Å². The van der Waals surface area contributed by atoms with Crippen molar-refractivity contribution in [2.75, 3.05) is 7.11 Å². The van der Waals surface area contributed by atoms with Gasteiger partial charge in [-0.3, -0.25) is 9.59 Å². The number of hydrogen-bond donors (Lipinski definition) is 1. The standard InChI is InChI=1S/C21H31NO3.C2H6/c1-8-15-21(9-2,16-13-11-10-12-14-16)17(23)22-20(5,6)19(3,4)18(24)25-7;1-2/h8,10-14H,1,9,15H2,2-7H3,(H,22,23);1-2H3. The normalized spacial score (nSPS) is 13.5. The van der Waals surface area contributed by atoms with Crippen LogP contribution in [0.25, 0.3) is 0 Å². The molecule has 1 atom stereocenters. The van der Waals surface area contributed by atoms with Crippen molar-refractivity contribution in [3.05, 3.63) is 48.6 Å². The SMILES string of the molecule is C=CCC(CC)(C(=O)NC(C)(C)C(C)(C)C(=O)OC)c1ccccc1.CC. The van der Waals surface area contributed by atoms with E-state index in [1.807, 2.05) is 65.0 Å². The van der Waals surface area contributed by atoms with Crippen molar-refractivity contribution in [3.63, 3.8) is 0 Å². The number of hydrogen-bond acceptors (Lipinski definition) is 3. The number of methoxy groups -OCH3 is 1. The molecular weight excluding hydrogens is 338 g/mol. The van der Waals surface area contributed by atoms with Gasteiger partial charge in [0.2, 0.25) is 5.91 Å². The van der Waals surface area contributed by atoms with Crippen molar-refractivity contribution >= 4 is 11.9 Å². The Kier molecular flexibility index (Phi) is 9.49. The molecule has 4 nitrogen and oxygen atoms in total. The lowest BCUT2D eigenvalue weighted by atomic mass is 9.71. The first-order valence-electron chi connectivity index (χ1n) is 9.66. The predicted octanol–water partition coefficient (Wildman–Crippen LogP) is 5.03. The smallest absolute Gasteiger partial charge is 0.313 e. The molecule has 0 fully saturated rings. The molecule has 27 heavy (non-hydrogen) atoms. The number of amides is 1. The van der Waals surface area contributed by atoms with Crippen molar-refractivity contribution in [3.8, 4) is 0 Å². The van der Waals surface area contributed by atoms with Crippen molar-refractivity contribution in [1.29, 1.82) is 0 Å². The Morgan fingerprint density at radius 2 is 1.63 bits per heavy atom. The fraction of sp³-hybridized carbons (Fsp3) is 0.565. The van der Waals surface area contributed by atoms with E-state index in [1.54, 1.807) is 19.9 Å². The fourth-order valence-electron chi connectivity index (χ4n) is 2.92. The number of allylic oxidation sites excluding steroid dienone is 1. The van der Waals surface area contributed by atoms with Gasteiger partial charge in [-0.15, -0.1) is 6.58 Å². The maximum atomic E-state index is 13.3. The van der Waals surface area contributed by atoms with E-state index in [4.69, 9.17) is 4.74 Å². The minimum absolute atomic E-state index is 0.108. The van der Waals surface area contributed by atoms with Crippen molar-refractivity contribution in [2.24, 2.45) is 5.41 Å². The molecule has 0 saturated carbocycles. The van der Waals surface area contributed by atoms with Gasteiger partial charge in [0.15, 0.2) is 0 Å². The molecule has 1 amide bonds. The van der Waals surface area contributed by atoms with E-state index in [2.05, 4.69) is 11.9 Å². The van der Waals surface area contributed by atoms with Gasteiger partial charge in [0.05, 0.1) is 17.9 Å². The second kappa shape index (κ2) is 10.3. The monoisotopic (exact) mass is 375 g/mol. The first-order chi connectivity index (χ1) is 12.6. The zero-order chi connectivity index (χ0) is 21.3. The number of ether oxygens (including phenoxy) is 1. The van der Waals surface area contributed by atoms with Gasteiger partial charge in [-0.2, -0.15) is 0 Å². The van der Waals surface area contributed by atoms with Crippen LogP contribution in [0.2, 0.25) is 0 Å². The molecule has 0 radical (unpaired) electrons. The number of esters is 1. The molecule has 0 aromatic heterocycles. The average Bonchev–Trinajstić information content (AvgIpc) is 2.67. The van der Waals surface area contributed by atoms with Gasteiger partial charge < -0.3 is 10.1 Å². The molecule has 0 aliphatic heterocycles. The molecular formula is C23H37NO3. The third-order valence-corrected chi connectivity index (χ3v) is 5.54. The van der Waals surface area contributed by atoms with Crippen molar-refractivity contribution in [1.82, 2.24) is 5.32 Å². The number of carbonyl (C=O) groups is 2. The Balaban J connectivity index is 0.00000326. The van der Waals surface area contributed by atoms with E-state index in [-0.39, 0.29) is 11.9 Å². The summed E-state index contributed by atoms with van der Waals surface area (Å²) in [6.07, 6.45) is 2.92. The van der Waals surface area contributed by atoms with Crippen LogP contribution in [0.5, 0.6) is 0 Å². The van der Waals surface area contributed by atoms with Crippen LogP contribution in [0.1, 0.15) is 66.9 Å². The summed E-state index contributed by atoms with van der Waals surface area (Å²) in [5.74, 6) is -0.466. The van der Waals surface area contributed by atoms with Crippen LogP contribution < -0.4 is 5.32 Å². The summed E-state index contributed by atoms with van der Waals surface area (Å²) in [5.41, 5.74) is -1.43. The summed E-state index contributed by atoms with van der Waals surface area (Å²) in [6.45, 7) is 17.1. The van der Waals surface area contributed by atoms with Crippen LogP contribution in [0.3, 0.4) is 0 Å². The highest BCUT2D eigenvalue weighted by Crippen LogP contribution is 2.36. The summed E-state index contributed by atoms with van der Waals surface area (Å²) in [6, 6.07) is 9.72. The van der Waals surface area contributed by atoms with E-state index in [1.165, 1.54) is 7.11 Å². The number of carbonyl (C=O) groups excluding carboxylic acids is 2. The maximum Gasteiger partial charge on any atom is 0.313 e. The van der Waals surface area contributed by atoms with Crippen LogP contribution in [0, 0.1) is 5.41 Å². The molecule has 1 rings (SSSR count). The highest BCUT2D eigenvalue weighted by Gasteiger charge is 2.48. The topological polar surface area (TPSA) is 55.4 Å². The van der Waals surface area contributed by atoms with Gasteiger partial charge in [0.1, 0.15) is 0 Å². The largest absolute Gasteiger partial charge is 0.469 e. The first-order valence-corrected chi connectivity index (χ1v) is 9.66. The van der Waals surface area contributed by atoms with Crippen molar-refractivity contribution in [2.45, 2.75) is 72.3 Å². The van der Waals surface area contributed by atoms with Gasteiger partial charge in [-0.25, -0.2) is 0 Å². The van der Waals surface area contributed by atoms with Crippen LogP contribution in [0.4, 0.5) is 0 Å². The predicted molar refractivity (Wildman–Crippen MR) is 113 cm³/mol. The highest BCUT2D eigenvalue weighted by atomic mass is 16.5. The van der Waals surface area contributed by atoms with Crippen LogP contribution in [-0.2, 0) is 19.7 Å². The minimum atomic E-state index is -0.873. The summed E-state index contributed by atoms with van der Waals surface area (Å²) >= 11 is 0. The van der Waals surface area contributed by atoms with Gasteiger partial charge in [0.25, 0.3) is 0 Å². The number of rotatable bonds is 8. The van der Waals surface area contributed by atoms with Crippen molar-refractivity contribution < 1.29 is 14.3 Å². The van der Waals surface area contributed by atoms with E-state index in [0.29, 0.717) is 12.8 Å². The van der Waals surface area contributed by atoms with E-state index >= 15 is 0 Å². The molecule has 1 aromatic rings. The van der Waals surface area contributed by atoms with E-state index < -0.39 is 16.4 Å². The quantitative estimate of drug-likeness (QED) is 0.512. The lowest BCUT2D eigenvalue weighted by Gasteiger charge is -2.43. The van der Waals surface area contributed by atoms with Crippen LogP contribution in [0.15, 0.2) is 43.0 Å². The molecule has 1 N–H and O–H groups in total. The first kappa shape index (κ1) is 24.9.